The molecule has 0 bridgehead atoms. The molecule has 0 aliphatic carbocycles. The van der Waals surface area contributed by atoms with Gasteiger partial charge in [0.15, 0.2) is 5.82 Å². The van der Waals surface area contributed by atoms with Crippen molar-refractivity contribution in [2.75, 3.05) is 5.43 Å². The number of aromatic nitrogens is 2. The highest BCUT2D eigenvalue weighted by Gasteiger charge is 2.05. The molecule has 5 heteroatoms. The van der Waals surface area contributed by atoms with Crippen LogP contribution in [0.15, 0.2) is 30.3 Å². The second-order valence-corrected chi connectivity index (χ2v) is 3.41. The summed E-state index contributed by atoms with van der Waals surface area (Å²) in [5, 5.41) is 7.91. The van der Waals surface area contributed by atoms with E-state index in [0.717, 1.165) is 16.8 Å². The molecule has 82 valence electrons. The van der Waals surface area contributed by atoms with Gasteiger partial charge in [-0.2, -0.15) is 0 Å². The van der Waals surface area contributed by atoms with Crippen LogP contribution in [-0.4, -0.2) is 10.2 Å². The summed E-state index contributed by atoms with van der Waals surface area (Å²) in [6, 6.07) is 7.91. The van der Waals surface area contributed by atoms with Gasteiger partial charge in [0.1, 0.15) is 5.82 Å². The maximum Gasteiger partial charge on any atom is 0.162 e. The summed E-state index contributed by atoms with van der Waals surface area (Å²) < 4.78 is 12.8. The SMILES string of the molecule is Cc1cc(NN)nnc1-c1ccc(F)cc1. The fourth-order valence-electron chi connectivity index (χ4n) is 1.45. The molecule has 0 aliphatic heterocycles. The lowest BCUT2D eigenvalue weighted by Gasteiger charge is -2.05. The highest BCUT2D eigenvalue weighted by molar-refractivity contribution is 5.63. The van der Waals surface area contributed by atoms with Crippen LogP contribution < -0.4 is 11.3 Å². The number of hydrogen-bond acceptors (Lipinski definition) is 4. The van der Waals surface area contributed by atoms with Gasteiger partial charge in [-0.1, -0.05) is 0 Å². The Kier molecular flexibility index (Phi) is 2.78. The molecule has 3 N–H and O–H groups in total. The van der Waals surface area contributed by atoms with Gasteiger partial charge >= 0.3 is 0 Å². The van der Waals surface area contributed by atoms with Gasteiger partial charge in [0, 0.05) is 5.56 Å². The monoisotopic (exact) mass is 218 g/mol. The van der Waals surface area contributed by atoms with Crippen molar-refractivity contribution in [2.24, 2.45) is 5.84 Å². The number of anilines is 1. The van der Waals surface area contributed by atoms with Crippen molar-refractivity contribution in [3.05, 3.63) is 41.7 Å². The summed E-state index contributed by atoms with van der Waals surface area (Å²) in [5.41, 5.74) is 4.90. The third kappa shape index (κ3) is 1.99. The molecule has 16 heavy (non-hydrogen) atoms. The molecule has 1 aromatic carbocycles. The summed E-state index contributed by atoms with van der Waals surface area (Å²) in [6.45, 7) is 1.90. The van der Waals surface area contributed by atoms with Crippen molar-refractivity contribution in [1.29, 1.82) is 0 Å². The van der Waals surface area contributed by atoms with Crippen LogP contribution in [0, 0.1) is 12.7 Å². The Morgan fingerprint density at radius 2 is 1.88 bits per heavy atom. The van der Waals surface area contributed by atoms with Gasteiger partial charge in [0.25, 0.3) is 0 Å². The second-order valence-electron chi connectivity index (χ2n) is 3.41. The Morgan fingerprint density at radius 3 is 2.44 bits per heavy atom. The zero-order chi connectivity index (χ0) is 11.5. The minimum Gasteiger partial charge on any atom is -0.307 e. The molecule has 0 fully saturated rings. The van der Waals surface area contributed by atoms with Gasteiger partial charge in [-0.05, 0) is 42.8 Å². The Bertz CT molecular complexity index is 496. The first-order valence-electron chi connectivity index (χ1n) is 4.77. The highest BCUT2D eigenvalue weighted by atomic mass is 19.1. The lowest BCUT2D eigenvalue weighted by atomic mass is 10.1. The molecule has 0 unspecified atom stereocenters. The van der Waals surface area contributed by atoms with Crippen LogP contribution in [0.5, 0.6) is 0 Å². The Balaban J connectivity index is 2.44. The van der Waals surface area contributed by atoms with E-state index < -0.39 is 0 Å². The second kappa shape index (κ2) is 4.24. The van der Waals surface area contributed by atoms with E-state index in [0.29, 0.717) is 5.82 Å². The van der Waals surface area contributed by atoms with E-state index in [2.05, 4.69) is 15.6 Å². The minimum absolute atomic E-state index is 0.269. The van der Waals surface area contributed by atoms with Gasteiger partial charge in [-0.25, -0.2) is 10.2 Å². The Hall–Kier alpha value is -2.01. The standard InChI is InChI=1S/C11H11FN4/c1-7-6-10(14-13)15-16-11(7)8-2-4-9(12)5-3-8/h2-6H,13H2,1H3,(H,14,15). The molecule has 0 saturated carbocycles. The van der Waals surface area contributed by atoms with Gasteiger partial charge in [0.05, 0.1) is 5.69 Å². The van der Waals surface area contributed by atoms with E-state index in [-0.39, 0.29) is 5.82 Å². The Morgan fingerprint density at radius 1 is 1.19 bits per heavy atom. The number of nitrogens with one attached hydrogen (secondary N) is 1. The first kappa shape index (κ1) is 10.5. The Labute approximate surface area is 92.3 Å². The average molecular weight is 218 g/mol. The third-order valence-electron chi connectivity index (χ3n) is 2.25. The normalized spacial score (nSPS) is 10.2. The van der Waals surface area contributed by atoms with Crippen molar-refractivity contribution in [1.82, 2.24) is 10.2 Å². The van der Waals surface area contributed by atoms with E-state index >= 15 is 0 Å². The summed E-state index contributed by atoms with van der Waals surface area (Å²) >= 11 is 0. The quantitative estimate of drug-likeness (QED) is 0.596. The van der Waals surface area contributed by atoms with Crippen LogP contribution in [0.4, 0.5) is 10.2 Å². The van der Waals surface area contributed by atoms with Gasteiger partial charge in [0.2, 0.25) is 0 Å². The van der Waals surface area contributed by atoms with Crippen LogP contribution in [0.2, 0.25) is 0 Å². The number of hydrogen-bond donors (Lipinski definition) is 2. The van der Waals surface area contributed by atoms with Crippen molar-refractivity contribution < 1.29 is 4.39 Å². The molecule has 0 saturated heterocycles. The van der Waals surface area contributed by atoms with Crippen molar-refractivity contribution >= 4 is 5.82 Å². The van der Waals surface area contributed by atoms with Gasteiger partial charge in [-0.3, -0.25) is 0 Å². The number of benzene rings is 1. The van der Waals surface area contributed by atoms with Crippen molar-refractivity contribution in [3.8, 4) is 11.3 Å². The first-order valence-corrected chi connectivity index (χ1v) is 4.77. The number of aryl methyl sites for hydroxylation is 1. The maximum absolute atomic E-state index is 12.8. The first-order chi connectivity index (χ1) is 7.70. The van der Waals surface area contributed by atoms with Gasteiger partial charge < -0.3 is 5.43 Å². The summed E-state index contributed by atoms with van der Waals surface area (Å²) in [4.78, 5) is 0. The molecule has 0 atom stereocenters. The van der Waals surface area contributed by atoms with E-state index in [1.54, 1.807) is 18.2 Å². The molecule has 0 spiro atoms. The molecule has 0 amide bonds. The third-order valence-corrected chi connectivity index (χ3v) is 2.25. The predicted octanol–water partition coefficient (Wildman–Crippen LogP) is 1.88. The molecular formula is C11H11FN4. The molecule has 2 aromatic rings. The largest absolute Gasteiger partial charge is 0.307 e. The lowest BCUT2D eigenvalue weighted by Crippen LogP contribution is -2.09. The van der Waals surface area contributed by atoms with Crippen LogP contribution >= 0.6 is 0 Å². The van der Waals surface area contributed by atoms with E-state index in [1.165, 1.54) is 12.1 Å². The van der Waals surface area contributed by atoms with Crippen molar-refractivity contribution in [3.63, 3.8) is 0 Å². The maximum atomic E-state index is 12.8. The number of nitrogen functional groups attached to an aromatic ring is 1. The molecule has 1 aromatic heterocycles. The fourth-order valence-corrected chi connectivity index (χ4v) is 1.45. The summed E-state index contributed by atoms with van der Waals surface area (Å²) in [5.74, 6) is 5.46. The van der Waals surface area contributed by atoms with E-state index in [4.69, 9.17) is 5.84 Å². The molecule has 2 rings (SSSR count). The zero-order valence-corrected chi connectivity index (χ0v) is 8.74. The van der Waals surface area contributed by atoms with Gasteiger partial charge in [-0.15, -0.1) is 10.2 Å². The molecule has 1 heterocycles. The zero-order valence-electron chi connectivity index (χ0n) is 8.74. The van der Waals surface area contributed by atoms with Crippen LogP contribution in [0.1, 0.15) is 5.56 Å². The molecule has 0 radical (unpaired) electrons. The van der Waals surface area contributed by atoms with Crippen molar-refractivity contribution in [2.45, 2.75) is 6.92 Å². The van der Waals surface area contributed by atoms with Crippen LogP contribution in [0.3, 0.4) is 0 Å². The summed E-state index contributed by atoms with van der Waals surface area (Å²) in [6.07, 6.45) is 0. The number of rotatable bonds is 2. The predicted molar refractivity (Wildman–Crippen MR) is 60.0 cm³/mol. The smallest absolute Gasteiger partial charge is 0.162 e. The van der Waals surface area contributed by atoms with Crippen LogP contribution in [0.25, 0.3) is 11.3 Å². The fraction of sp³-hybridized carbons (Fsp3) is 0.0909. The van der Waals surface area contributed by atoms with E-state index in [9.17, 15) is 4.39 Å². The molecule has 0 aliphatic rings. The number of halogens is 1. The van der Waals surface area contributed by atoms with E-state index in [1.807, 2.05) is 6.92 Å². The number of hydrazine groups is 1. The lowest BCUT2D eigenvalue weighted by molar-refractivity contribution is 0.628. The highest BCUT2D eigenvalue weighted by Crippen LogP contribution is 2.21. The average Bonchev–Trinajstić information content (AvgIpc) is 2.30. The minimum atomic E-state index is -0.269. The molecule has 4 nitrogen and oxygen atoms in total. The number of nitrogens with zero attached hydrogens (tertiary/aromatic N) is 2. The summed E-state index contributed by atoms with van der Waals surface area (Å²) in [7, 11) is 0. The molecular weight excluding hydrogens is 207 g/mol. The topological polar surface area (TPSA) is 63.8 Å². The van der Waals surface area contributed by atoms with Crippen LogP contribution in [-0.2, 0) is 0 Å². The number of nitrogens with two attached hydrogens (primary N) is 1.